The number of nitrogens with zero attached hydrogens (tertiary/aromatic N) is 1. The van der Waals surface area contributed by atoms with E-state index in [1.807, 2.05) is 6.07 Å². The lowest BCUT2D eigenvalue weighted by Crippen LogP contribution is -2.04. The lowest BCUT2D eigenvalue weighted by Gasteiger charge is -1.91. The van der Waals surface area contributed by atoms with Crippen molar-refractivity contribution < 1.29 is 8.42 Å². The fourth-order valence-electron chi connectivity index (χ4n) is 1.15. The van der Waals surface area contributed by atoms with Gasteiger partial charge in [0.2, 0.25) is 10.3 Å². The molecular weight excluding hydrogens is 150 g/mol. The lowest BCUT2D eigenvalue weighted by atomic mass is 10.1. The summed E-state index contributed by atoms with van der Waals surface area (Å²) in [6.07, 6.45) is 2.12. The molecule has 1 aliphatic carbocycles. The van der Waals surface area contributed by atoms with E-state index in [0.717, 1.165) is 6.42 Å². The van der Waals surface area contributed by atoms with Gasteiger partial charge in [-0.25, -0.2) is 0 Å². The van der Waals surface area contributed by atoms with Crippen LogP contribution in [-0.2, 0) is 10.3 Å². The highest BCUT2D eigenvalue weighted by atomic mass is 32.2. The molecular formula is C6H7NO2S. The monoisotopic (exact) mass is 157 g/mol. The van der Waals surface area contributed by atoms with Crippen LogP contribution in [0.1, 0.15) is 19.3 Å². The van der Waals surface area contributed by atoms with Crippen molar-refractivity contribution in [2.24, 2.45) is 5.92 Å². The molecule has 4 heteroatoms. The summed E-state index contributed by atoms with van der Waals surface area (Å²) in [4.78, 5) is 0.391. The predicted molar refractivity (Wildman–Crippen MR) is 36.9 cm³/mol. The molecule has 0 saturated heterocycles. The van der Waals surface area contributed by atoms with Gasteiger partial charge in [-0.2, -0.15) is 13.7 Å². The second-order valence-electron chi connectivity index (χ2n) is 2.27. The normalized spacial score (nSPS) is 24.3. The Morgan fingerprint density at radius 3 is 2.70 bits per heavy atom. The van der Waals surface area contributed by atoms with E-state index in [9.17, 15) is 8.42 Å². The average Bonchev–Trinajstić information content (AvgIpc) is 2.33. The Bertz CT molecular complexity index is 288. The van der Waals surface area contributed by atoms with Crippen molar-refractivity contribution in [2.75, 3.05) is 0 Å². The van der Waals surface area contributed by atoms with Crippen molar-refractivity contribution in [3.05, 3.63) is 0 Å². The largest absolute Gasteiger partial charge is 0.214 e. The van der Waals surface area contributed by atoms with Crippen molar-refractivity contribution in [1.29, 1.82) is 5.26 Å². The summed E-state index contributed by atoms with van der Waals surface area (Å²) in [7, 11) is -2.13. The van der Waals surface area contributed by atoms with Gasteiger partial charge in [0, 0.05) is 0 Å². The third-order valence-electron chi connectivity index (χ3n) is 1.67. The van der Waals surface area contributed by atoms with E-state index in [4.69, 9.17) is 5.26 Å². The quantitative estimate of drug-likeness (QED) is 0.477. The molecule has 1 fully saturated rings. The third-order valence-corrected chi connectivity index (χ3v) is 2.59. The minimum Gasteiger partial charge on any atom is -0.198 e. The van der Waals surface area contributed by atoms with Gasteiger partial charge in [-0.05, 0) is 19.3 Å². The average molecular weight is 157 g/mol. The summed E-state index contributed by atoms with van der Waals surface area (Å²) < 4.78 is 20.8. The number of hydrogen-bond acceptors (Lipinski definition) is 3. The minimum absolute atomic E-state index is 0.335. The fourth-order valence-corrected chi connectivity index (χ4v) is 1.87. The van der Waals surface area contributed by atoms with Gasteiger partial charge < -0.3 is 0 Å². The summed E-state index contributed by atoms with van der Waals surface area (Å²) in [6, 6.07) is 1.97. The van der Waals surface area contributed by atoms with Crippen LogP contribution in [0.3, 0.4) is 0 Å². The van der Waals surface area contributed by atoms with Crippen LogP contribution < -0.4 is 0 Å². The zero-order valence-corrected chi connectivity index (χ0v) is 6.19. The molecule has 0 heterocycles. The van der Waals surface area contributed by atoms with Crippen LogP contribution in [0, 0.1) is 17.2 Å². The Labute approximate surface area is 60.8 Å². The van der Waals surface area contributed by atoms with E-state index >= 15 is 0 Å². The molecule has 0 spiro atoms. The van der Waals surface area contributed by atoms with E-state index in [1.54, 1.807) is 0 Å². The van der Waals surface area contributed by atoms with Gasteiger partial charge in [-0.1, -0.05) is 0 Å². The van der Waals surface area contributed by atoms with Gasteiger partial charge in [0.1, 0.15) is 0 Å². The Morgan fingerprint density at radius 1 is 1.60 bits per heavy atom. The standard InChI is InChI=1S/C6H7NO2S/c7-4-5-2-1-3-6(5)10(8)9/h5H,1-3H2. The molecule has 54 valence electrons. The van der Waals surface area contributed by atoms with Crippen LogP contribution in [0.25, 0.3) is 0 Å². The van der Waals surface area contributed by atoms with Crippen LogP contribution in [0.2, 0.25) is 0 Å². The molecule has 1 rings (SSSR count). The second-order valence-corrected chi connectivity index (χ2v) is 3.27. The molecule has 1 atom stereocenters. The first-order valence-electron chi connectivity index (χ1n) is 3.10. The van der Waals surface area contributed by atoms with E-state index < -0.39 is 10.3 Å². The summed E-state index contributed by atoms with van der Waals surface area (Å²) in [5, 5.41) is 8.44. The maximum atomic E-state index is 10.4. The third kappa shape index (κ3) is 1.19. The Hall–Kier alpha value is -0.820. The maximum Gasteiger partial charge on any atom is 0.214 e. The molecule has 0 N–H and O–H groups in total. The molecule has 3 nitrogen and oxygen atoms in total. The predicted octanol–water partition coefficient (Wildman–Crippen LogP) is 0.362. The van der Waals surface area contributed by atoms with Gasteiger partial charge in [0.05, 0.1) is 16.9 Å². The molecule has 10 heavy (non-hydrogen) atoms. The van der Waals surface area contributed by atoms with Crippen LogP contribution in [0.4, 0.5) is 0 Å². The summed E-state index contributed by atoms with van der Waals surface area (Å²) >= 11 is 0. The van der Waals surface area contributed by atoms with Gasteiger partial charge >= 0.3 is 0 Å². The molecule has 1 saturated carbocycles. The zero-order valence-electron chi connectivity index (χ0n) is 5.37. The summed E-state index contributed by atoms with van der Waals surface area (Å²) in [5.74, 6) is -0.335. The Balaban J connectivity index is 3.03. The van der Waals surface area contributed by atoms with Gasteiger partial charge in [-0.3, -0.25) is 0 Å². The van der Waals surface area contributed by atoms with E-state index in [2.05, 4.69) is 0 Å². The Kier molecular flexibility index (Phi) is 2.07. The number of hydrogen-bond donors (Lipinski definition) is 0. The van der Waals surface area contributed by atoms with Crippen molar-refractivity contribution in [1.82, 2.24) is 0 Å². The van der Waals surface area contributed by atoms with Gasteiger partial charge in [0.15, 0.2) is 0 Å². The van der Waals surface area contributed by atoms with Crippen molar-refractivity contribution in [3.8, 4) is 6.07 Å². The van der Waals surface area contributed by atoms with E-state index in [-0.39, 0.29) is 5.92 Å². The number of rotatable bonds is 0. The van der Waals surface area contributed by atoms with Gasteiger partial charge in [0.25, 0.3) is 0 Å². The fraction of sp³-hybridized carbons (Fsp3) is 0.667. The first kappa shape index (κ1) is 7.29. The lowest BCUT2D eigenvalue weighted by molar-refractivity contribution is 0.626. The highest BCUT2D eigenvalue weighted by molar-refractivity contribution is 7.73. The minimum atomic E-state index is -2.13. The van der Waals surface area contributed by atoms with Crippen LogP contribution >= 0.6 is 0 Å². The molecule has 0 bridgehead atoms. The molecule has 0 aromatic heterocycles. The van der Waals surface area contributed by atoms with E-state index in [0.29, 0.717) is 17.7 Å². The first-order chi connectivity index (χ1) is 4.75. The molecule has 0 aliphatic heterocycles. The van der Waals surface area contributed by atoms with Gasteiger partial charge in [-0.15, -0.1) is 0 Å². The SMILES string of the molecule is N#CC1CCCC1=S(=O)=O. The van der Waals surface area contributed by atoms with Crippen LogP contribution in [-0.4, -0.2) is 13.3 Å². The highest BCUT2D eigenvalue weighted by Crippen LogP contribution is 2.20. The van der Waals surface area contributed by atoms with Crippen molar-refractivity contribution in [2.45, 2.75) is 19.3 Å². The first-order valence-corrected chi connectivity index (χ1v) is 4.18. The summed E-state index contributed by atoms with van der Waals surface area (Å²) in [6.45, 7) is 0. The zero-order chi connectivity index (χ0) is 7.56. The van der Waals surface area contributed by atoms with Crippen molar-refractivity contribution in [3.63, 3.8) is 0 Å². The molecule has 0 radical (unpaired) electrons. The maximum absolute atomic E-state index is 10.4. The molecule has 0 amide bonds. The van der Waals surface area contributed by atoms with Crippen LogP contribution in [0.5, 0.6) is 0 Å². The number of nitriles is 1. The Morgan fingerprint density at radius 2 is 2.30 bits per heavy atom. The van der Waals surface area contributed by atoms with E-state index in [1.165, 1.54) is 0 Å². The molecule has 1 unspecified atom stereocenters. The second kappa shape index (κ2) is 2.84. The molecule has 0 aromatic carbocycles. The molecule has 0 aromatic rings. The smallest absolute Gasteiger partial charge is 0.198 e. The van der Waals surface area contributed by atoms with Crippen molar-refractivity contribution >= 4 is 15.2 Å². The topological polar surface area (TPSA) is 57.9 Å². The highest BCUT2D eigenvalue weighted by Gasteiger charge is 2.22. The molecule has 1 aliphatic rings. The summed E-state index contributed by atoms with van der Waals surface area (Å²) in [5.41, 5.74) is 0. The van der Waals surface area contributed by atoms with Crippen LogP contribution in [0.15, 0.2) is 0 Å².